The summed E-state index contributed by atoms with van der Waals surface area (Å²) >= 11 is 0. The van der Waals surface area contributed by atoms with Gasteiger partial charge < -0.3 is 18.8 Å². The van der Waals surface area contributed by atoms with Crippen LogP contribution in [0, 0.1) is 0 Å². The van der Waals surface area contributed by atoms with Gasteiger partial charge >= 0.3 is 0 Å². The van der Waals surface area contributed by atoms with Gasteiger partial charge in [0.15, 0.2) is 0 Å². The third kappa shape index (κ3) is 3.86. The third-order valence-corrected chi connectivity index (χ3v) is 7.57. The van der Waals surface area contributed by atoms with Crippen LogP contribution in [-0.4, -0.2) is 21.3 Å². The van der Waals surface area contributed by atoms with Crippen molar-refractivity contribution in [1.82, 2.24) is 0 Å². The molecule has 0 fully saturated rings. The lowest BCUT2D eigenvalue weighted by atomic mass is 10.2. The number of rotatable bonds is 7. The van der Waals surface area contributed by atoms with Crippen molar-refractivity contribution >= 4 is 17.8 Å². The van der Waals surface area contributed by atoms with Gasteiger partial charge in [-0.2, -0.15) is 0 Å². The second-order valence-electron chi connectivity index (χ2n) is 6.08. The van der Waals surface area contributed by atoms with Crippen molar-refractivity contribution in [1.29, 1.82) is 0 Å². The van der Waals surface area contributed by atoms with Gasteiger partial charge in [-0.1, -0.05) is 60.7 Å². The molecule has 0 spiro atoms. The van der Waals surface area contributed by atoms with Crippen LogP contribution in [0.1, 0.15) is 5.56 Å². The first-order valence-electron chi connectivity index (χ1n) is 8.61. The summed E-state index contributed by atoms with van der Waals surface area (Å²) in [7, 11) is 1.82. The maximum atomic E-state index is 14.3. The first-order valence-corrected chi connectivity index (χ1v) is 10.5. The van der Waals surface area contributed by atoms with Crippen molar-refractivity contribution in [3.8, 4) is 17.2 Å². The van der Waals surface area contributed by atoms with Gasteiger partial charge in [0.25, 0.3) is 0 Å². The largest absolute Gasteiger partial charge is 0.496 e. The Balaban J connectivity index is 2.18. The molecular weight excluding hydrogens is 359 g/mol. The van der Waals surface area contributed by atoms with Gasteiger partial charge in [-0.25, -0.2) is 0 Å². The highest BCUT2D eigenvalue weighted by molar-refractivity contribution is 7.78. The second-order valence-corrected chi connectivity index (χ2v) is 8.91. The fraction of sp³-hybridized carbons (Fsp3) is 0.182. The van der Waals surface area contributed by atoms with Gasteiger partial charge in [-0.05, 0) is 0 Å². The summed E-state index contributed by atoms with van der Waals surface area (Å²) in [5.74, 6) is 1.82. The molecule has 0 aromatic heterocycles. The molecular formula is C22H23O4P. The molecule has 0 aliphatic carbocycles. The fourth-order valence-corrected chi connectivity index (χ4v) is 5.85. The molecule has 27 heavy (non-hydrogen) atoms. The predicted molar refractivity (Wildman–Crippen MR) is 110 cm³/mol. The molecule has 0 saturated carbocycles. The topological polar surface area (TPSA) is 44.8 Å². The quantitative estimate of drug-likeness (QED) is 0.574. The average molecular weight is 382 g/mol. The lowest BCUT2D eigenvalue weighted by Crippen LogP contribution is -2.18. The zero-order chi connectivity index (χ0) is 19.3. The first kappa shape index (κ1) is 19.1. The highest BCUT2D eigenvalue weighted by atomic mass is 31.2. The maximum absolute atomic E-state index is 14.3. The molecule has 0 aliphatic heterocycles. The van der Waals surface area contributed by atoms with E-state index in [1.807, 2.05) is 60.7 Å². The Kier molecular flexibility index (Phi) is 5.88. The Morgan fingerprint density at radius 3 is 1.52 bits per heavy atom. The van der Waals surface area contributed by atoms with Gasteiger partial charge in [-0.15, -0.1) is 0 Å². The summed E-state index contributed by atoms with van der Waals surface area (Å²) in [6.07, 6.45) is 0.289. The Morgan fingerprint density at radius 2 is 1.15 bits per heavy atom. The minimum Gasteiger partial charge on any atom is -0.496 e. The highest BCUT2D eigenvalue weighted by Gasteiger charge is 2.30. The molecule has 0 bridgehead atoms. The maximum Gasteiger partial charge on any atom is 0.147 e. The van der Waals surface area contributed by atoms with Crippen LogP contribution >= 0.6 is 7.14 Å². The molecule has 0 amide bonds. The van der Waals surface area contributed by atoms with Gasteiger partial charge in [0, 0.05) is 34.5 Å². The van der Waals surface area contributed by atoms with Crippen LogP contribution in [0.15, 0.2) is 72.8 Å². The highest BCUT2D eigenvalue weighted by Crippen LogP contribution is 2.51. The van der Waals surface area contributed by atoms with E-state index in [0.29, 0.717) is 17.2 Å². The monoisotopic (exact) mass is 382 g/mol. The van der Waals surface area contributed by atoms with Crippen LogP contribution in [-0.2, 0) is 10.7 Å². The summed E-state index contributed by atoms with van der Waals surface area (Å²) in [5, 5.41) is 1.60. The van der Waals surface area contributed by atoms with Crippen molar-refractivity contribution in [2.24, 2.45) is 0 Å². The van der Waals surface area contributed by atoms with E-state index in [1.165, 1.54) is 0 Å². The molecule has 0 N–H and O–H groups in total. The predicted octanol–water partition coefficient (Wildman–Crippen LogP) is 4.23. The lowest BCUT2D eigenvalue weighted by molar-refractivity contribution is 0.370. The van der Waals surface area contributed by atoms with Crippen LogP contribution < -0.4 is 24.8 Å². The van der Waals surface area contributed by atoms with Crippen LogP contribution in [0.25, 0.3) is 0 Å². The van der Waals surface area contributed by atoms with E-state index in [1.54, 1.807) is 33.5 Å². The summed E-state index contributed by atoms with van der Waals surface area (Å²) < 4.78 is 30.8. The van der Waals surface area contributed by atoms with Crippen LogP contribution in [0.5, 0.6) is 17.2 Å². The number of hydrogen-bond acceptors (Lipinski definition) is 4. The van der Waals surface area contributed by atoms with Crippen LogP contribution in [0.3, 0.4) is 0 Å². The Bertz CT molecular complexity index is 871. The van der Waals surface area contributed by atoms with Crippen molar-refractivity contribution in [3.63, 3.8) is 0 Å². The zero-order valence-electron chi connectivity index (χ0n) is 15.7. The fourth-order valence-electron chi connectivity index (χ4n) is 3.13. The molecule has 3 rings (SSSR count). The van der Waals surface area contributed by atoms with Gasteiger partial charge in [-0.3, -0.25) is 0 Å². The van der Waals surface area contributed by atoms with Gasteiger partial charge in [0.1, 0.15) is 24.4 Å². The molecule has 0 unspecified atom stereocenters. The smallest absolute Gasteiger partial charge is 0.147 e. The van der Waals surface area contributed by atoms with Crippen molar-refractivity contribution in [2.75, 3.05) is 21.3 Å². The SMILES string of the molecule is COc1cc(OC)c(CP(=O)(c2ccccc2)c2ccccc2)c(OC)c1. The first-order chi connectivity index (χ1) is 13.1. The van der Waals surface area contributed by atoms with E-state index in [4.69, 9.17) is 14.2 Å². The molecule has 5 heteroatoms. The summed E-state index contributed by atoms with van der Waals surface area (Å²) in [5.41, 5.74) is 0.761. The van der Waals surface area contributed by atoms with Gasteiger partial charge in [0.05, 0.1) is 21.3 Å². The minimum atomic E-state index is -2.95. The molecule has 140 valence electrons. The average Bonchev–Trinajstić information content (AvgIpc) is 2.74. The third-order valence-electron chi connectivity index (χ3n) is 4.54. The molecule has 0 saturated heterocycles. The van der Waals surface area contributed by atoms with Gasteiger partial charge in [0.2, 0.25) is 0 Å². The summed E-state index contributed by atoms with van der Waals surface area (Å²) in [4.78, 5) is 0. The molecule has 0 heterocycles. The van der Waals surface area contributed by atoms with E-state index in [9.17, 15) is 4.57 Å². The number of hydrogen-bond donors (Lipinski definition) is 0. The normalized spacial score (nSPS) is 11.1. The van der Waals surface area contributed by atoms with E-state index in [2.05, 4.69) is 0 Å². The Labute approximate surface area is 160 Å². The molecule has 3 aromatic rings. The number of ether oxygens (including phenoxy) is 3. The lowest BCUT2D eigenvalue weighted by Gasteiger charge is -2.22. The molecule has 4 nitrogen and oxygen atoms in total. The van der Waals surface area contributed by atoms with E-state index in [0.717, 1.165) is 16.2 Å². The second kappa shape index (κ2) is 8.32. The summed E-state index contributed by atoms with van der Waals surface area (Å²) in [6, 6.07) is 22.7. The molecule has 0 radical (unpaired) electrons. The number of benzene rings is 3. The minimum absolute atomic E-state index is 0.289. The Morgan fingerprint density at radius 1 is 0.704 bits per heavy atom. The van der Waals surface area contributed by atoms with Crippen molar-refractivity contribution in [2.45, 2.75) is 6.16 Å². The summed E-state index contributed by atoms with van der Waals surface area (Å²) in [6.45, 7) is 0. The van der Waals surface area contributed by atoms with Crippen LogP contribution in [0.2, 0.25) is 0 Å². The van der Waals surface area contributed by atoms with E-state index >= 15 is 0 Å². The Hall–Kier alpha value is -2.71. The van der Waals surface area contributed by atoms with Crippen LogP contribution in [0.4, 0.5) is 0 Å². The van der Waals surface area contributed by atoms with Crippen molar-refractivity contribution < 1.29 is 18.8 Å². The molecule has 0 atom stereocenters. The van der Waals surface area contributed by atoms with E-state index < -0.39 is 7.14 Å². The number of methoxy groups -OCH3 is 3. The van der Waals surface area contributed by atoms with Crippen molar-refractivity contribution in [3.05, 3.63) is 78.4 Å². The standard InChI is InChI=1S/C22H23O4P/c1-24-17-14-21(25-2)20(22(15-17)26-3)16-27(23,18-10-6-4-7-11-18)19-12-8-5-9-13-19/h4-15H,16H2,1-3H3. The molecule has 3 aromatic carbocycles. The molecule has 0 aliphatic rings. The zero-order valence-corrected chi connectivity index (χ0v) is 16.6. The van der Waals surface area contributed by atoms with E-state index in [-0.39, 0.29) is 6.16 Å².